The molecular formula is C16H17BrO3. The molecule has 0 saturated heterocycles. The average molecular weight is 337 g/mol. The highest BCUT2D eigenvalue weighted by molar-refractivity contribution is 9.10. The molecule has 2 aromatic rings. The quantitative estimate of drug-likeness (QED) is 0.812. The van der Waals surface area contributed by atoms with Crippen molar-refractivity contribution in [1.29, 1.82) is 0 Å². The maximum absolute atomic E-state index is 5.85. The van der Waals surface area contributed by atoms with Crippen molar-refractivity contribution < 1.29 is 14.2 Å². The maximum Gasteiger partial charge on any atom is 0.136 e. The van der Waals surface area contributed by atoms with Gasteiger partial charge in [0.25, 0.3) is 0 Å². The Morgan fingerprint density at radius 1 is 0.950 bits per heavy atom. The fourth-order valence-electron chi connectivity index (χ4n) is 1.83. The van der Waals surface area contributed by atoms with Gasteiger partial charge >= 0.3 is 0 Å². The third-order valence-corrected chi connectivity index (χ3v) is 3.62. The molecule has 20 heavy (non-hydrogen) atoms. The molecule has 0 unspecified atom stereocenters. The van der Waals surface area contributed by atoms with Gasteiger partial charge in [0.2, 0.25) is 0 Å². The van der Waals surface area contributed by atoms with Crippen molar-refractivity contribution in [3.63, 3.8) is 0 Å². The molecule has 0 aliphatic rings. The maximum atomic E-state index is 5.85. The van der Waals surface area contributed by atoms with Crippen molar-refractivity contribution in [3.05, 3.63) is 52.0 Å². The number of methoxy groups -OCH3 is 2. The molecule has 0 aromatic heterocycles. The first-order valence-corrected chi connectivity index (χ1v) is 7.03. The van der Waals surface area contributed by atoms with E-state index in [-0.39, 0.29) is 0 Å². The number of hydrogen-bond acceptors (Lipinski definition) is 3. The first kappa shape index (κ1) is 14.7. The summed E-state index contributed by atoms with van der Waals surface area (Å²) in [6.45, 7) is 2.52. The van der Waals surface area contributed by atoms with Gasteiger partial charge in [0.05, 0.1) is 18.7 Å². The molecule has 0 heterocycles. The van der Waals surface area contributed by atoms with Crippen LogP contribution in [0.5, 0.6) is 17.2 Å². The predicted octanol–water partition coefficient (Wildman–Crippen LogP) is 4.35. The summed E-state index contributed by atoms with van der Waals surface area (Å²) in [5.74, 6) is 2.43. The van der Waals surface area contributed by atoms with E-state index in [2.05, 4.69) is 15.9 Å². The number of hydrogen-bond donors (Lipinski definition) is 0. The number of benzene rings is 2. The summed E-state index contributed by atoms with van der Waals surface area (Å²) in [6.07, 6.45) is 0. The number of ether oxygens (including phenoxy) is 3. The van der Waals surface area contributed by atoms with Crippen molar-refractivity contribution in [1.82, 2.24) is 0 Å². The van der Waals surface area contributed by atoms with E-state index in [1.807, 2.05) is 43.3 Å². The van der Waals surface area contributed by atoms with Crippen LogP contribution in [0.25, 0.3) is 0 Å². The molecule has 0 aliphatic heterocycles. The minimum absolute atomic E-state index is 0.510. The molecule has 106 valence electrons. The van der Waals surface area contributed by atoms with Crippen LogP contribution >= 0.6 is 15.9 Å². The van der Waals surface area contributed by atoms with Crippen LogP contribution in [0.4, 0.5) is 0 Å². The van der Waals surface area contributed by atoms with E-state index < -0.39 is 0 Å². The first-order chi connectivity index (χ1) is 9.63. The minimum Gasteiger partial charge on any atom is -0.497 e. The van der Waals surface area contributed by atoms with E-state index in [9.17, 15) is 0 Å². The SMILES string of the molecule is COc1ccc(COc2cc(OC)c(Br)cc2C)cc1. The Morgan fingerprint density at radius 3 is 2.25 bits per heavy atom. The third kappa shape index (κ3) is 3.45. The van der Waals surface area contributed by atoms with Crippen LogP contribution in [-0.4, -0.2) is 14.2 Å². The van der Waals surface area contributed by atoms with Gasteiger partial charge < -0.3 is 14.2 Å². The van der Waals surface area contributed by atoms with E-state index in [1.54, 1.807) is 14.2 Å². The van der Waals surface area contributed by atoms with E-state index in [1.165, 1.54) is 0 Å². The van der Waals surface area contributed by atoms with Crippen LogP contribution in [-0.2, 0) is 6.61 Å². The smallest absolute Gasteiger partial charge is 0.136 e. The molecule has 0 aliphatic carbocycles. The van der Waals surface area contributed by atoms with Crippen LogP contribution in [0, 0.1) is 6.92 Å². The lowest BCUT2D eigenvalue weighted by molar-refractivity contribution is 0.301. The van der Waals surface area contributed by atoms with Crippen molar-refractivity contribution in [3.8, 4) is 17.2 Å². The molecule has 4 heteroatoms. The molecule has 0 spiro atoms. The summed E-state index contributed by atoms with van der Waals surface area (Å²) in [7, 11) is 3.30. The zero-order valence-corrected chi connectivity index (χ0v) is 13.4. The lowest BCUT2D eigenvalue weighted by Crippen LogP contribution is -1.98. The molecule has 2 rings (SSSR count). The second kappa shape index (κ2) is 6.66. The fourth-order valence-corrected chi connectivity index (χ4v) is 2.45. The lowest BCUT2D eigenvalue weighted by Gasteiger charge is -2.12. The highest BCUT2D eigenvalue weighted by Gasteiger charge is 2.07. The van der Waals surface area contributed by atoms with Crippen LogP contribution in [0.3, 0.4) is 0 Å². The summed E-state index contributed by atoms with van der Waals surface area (Å²) < 4.78 is 17.2. The van der Waals surface area contributed by atoms with E-state index in [0.717, 1.165) is 32.8 Å². The van der Waals surface area contributed by atoms with Gasteiger partial charge in [0.1, 0.15) is 23.9 Å². The van der Waals surface area contributed by atoms with Gasteiger partial charge in [-0.3, -0.25) is 0 Å². The lowest BCUT2D eigenvalue weighted by atomic mass is 10.2. The summed E-state index contributed by atoms with van der Waals surface area (Å²) in [6, 6.07) is 11.7. The van der Waals surface area contributed by atoms with E-state index in [0.29, 0.717) is 6.61 Å². The molecule has 0 radical (unpaired) electrons. The Balaban J connectivity index is 2.09. The van der Waals surface area contributed by atoms with Crippen molar-refractivity contribution in [2.24, 2.45) is 0 Å². The second-order valence-corrected chi connectivity index (χ2v) is 5.24. The van der Waals surface area contributed by atoms with Crippen LogP contribution < -0.4 is 14.2 Å². The van der Waals surface area contributed by atoms with Gasteiger partial charge in [-0.1, -0.05) is 12.1 Å². The number of rotatable bonds is 5. The second-order valence-electron chi connectivity index (χ2n) is 4.39. The normalized spacial score (nSPS) is 10.2. The van der Waals surface area contributed by atoms with Crippen LogP contribution in [0.1, 0.15) is 11.1 Å². The molecule has 0 amide bonds. The van der Waals surface area contributed by atoms with E-state index in [4.69, 9.17) is 14.2 Å². The summed E-state index contributed by atoms with van der Waals surface area (Å²) in [5, 5.41) is 0. The van der Waals surface area contributed by atoms with Gasteiger partial charge in [0.15, 0.2) is 0 Å². The molecule has 0 atom stereocenters. The Labute approximate surface area is 127 Å². The fraction of sp³-hybridized carbons (Fsp3) is 0.250. The standard InChI is InChI=1S/C16H17BrO3/c1-11-8-14(17)16(19-3)9-15(11)20-10-12-4-6-13(18-2)7-5-12/h4-9H,10H2,1-3H3. The van der Waals surface area contributed by atoms with Crippen LogP contribution in [0.2, 0.25) is 0 Å². The van der Waals surface area contributed by atoms with Gasteiger partial charge in [-0.15, -0.1) is 0 Å². The third-order valence-electron chi connectivity index (χ3n) is 3.00. The minimum atomic E-state index is 0.510. The van der Waals surface area contributed by atoms with Crippen molar-refractivity contribution >= 4 is 15.9 Å². The Morgan fingerprint density at radius 2 is 1.65 bits per heavy atom. The molecule has 3 nitrogen and oxygen atoms in total. The van der Waals surface area contributed by atoms with Gasteiger partial charge in [0, 0.05) is 6.07 Å². The summed E-state index contributed by atoms with van der Waals surface area (Å²) >= 11 is 3.46. The molecule has 0 fully saturated rings. The monoisotopic (exact) mass is 336 g/mol. The zero-order valence-electron chi connectivity index (χ0n) is 11.8. The van der Waals surface area contributed by atoms with Gasteiger partial charge in [-0.2, -0.15) is 0 Å². The summed E-state index contributed by atoms with van der Waals surface area (Å²) in [5.41, 5.74) is 2.15. The highest BCUT2D eigenvalue weighted by Crippen LogP contribution is 2.32. The average Bonchev–Trinajstić information content (AvgIpc) is 2.47. The highest BCUT2D eigenvalue weighted by atomic mass is 79.9. The van der Waals surface area contributed by atoms with E-state index >= 15 is 0 Å². The van der Waals surface area contributed by atoms with Gasteiger partial charge in [-0.25, -0.2) is 0 Å². The Kier molecular flexibility index (Phi) is 4.90. The summed E-state index contributed by atoms with van der Waals surface area (Å²) in [4.78, 5) is 0. The predicted molar refractivity (Wildman–Crippen MR) is 82.8 cm³/mol. The largest absolute Gasteiger partial charge is 0.497 e. The van der Waals surface area contributed by atoms with Gasteiger partial charge in [-0.05, 0) is 52.2 Å². The molecule has 0 bridgehead atoms. The number of aryl methyl sites for hydroxylation is 1. The topological polar surface area (TPSA) is 27.7 Å². The molecule has 0 N–H and O–H groups in total. The Bertz CT molecular complexity index is 579. The van der Waals surface area contributed by atoms with Crippen LogP contribution in [0.15, 0.2) is 40.9 Å². The molecule has 0 saturated carbocycles. The molecular weight excluding hydrogens is 320 g/mol. The van der Waals surface area contributed by atoms with Crippen molar-refractivity contribution in [2.75, 3.05) is 14.2 Å². The Hall–Kier alpha value is -1.68. The molecule has 2 aromatic carbocycles. The zero-order chi connectivity index (χ0) is 14.5. The first-order valence-electron chi connectivity index (χ1n) is 6.24. The van der Waals surface area contributed by atoms with Crippen molar-refractivity contribution in [2.45, 2.75) is 13.5 Å². The number of halogens is 1.